The molecule has 1 fully saturated rings. The summed E-state index contributed by atoms with van der Waals surface area (Å²) in [6, 6.07) is 17.3. The first-order valence-corrected chi connectivity index (χ1v) is 14.9. The number of carboxylic acids is 1. The number of benzene rings is 2. The maximum absolute atomic E-state index is 14.1. The van der Waals surface area contributed by atoms with Crippen LogP contribution in [0.2, 0.25) is 0 Å². The van der Waals surface area contributed by atoms with Crippen molar-refractivity contribution in [2.24, 2.45) is 7.05 Å². The van der Waals surface area contributed by atoms with E-state index in [0.717, 1.165) is 35.1 Å². The first-order chi connectivity index (χ1) is 20.4. The third-order valence-corrected chi connectivity index (χ3v) is 8.60. The van der Waals surface area contributed by atoms with Crippen LogP contribution in [0.1, 0.15) is 85.2 Å². The number of aromatic nitrogens is 1. The van der Waals surface area contributed by atoms with Crippen molar-refractivity contribution in [3.63, 3.8) is 0 Å². The molecule has 0 unspecified atom stereocenters. The van der Waals surface area contributed by atoms with Crippen LogP contribution in [0.4, 0.5) is 9.59 Å². The number of carbonyl (C=O) groups is 3. The Labute approximate surface area is 252 Å². The lowest BCUT2D eigenvalue weighted by molar-refractivity contribution is 0.0364. The Kier molecular flexibility index (Phi) is 8.53. The van der Waals surface area contributed by atoms with Crippen molar-refractivity contribution in [2.45, 2.75) is 83.5 Å². The molecule has 0 bridgehead atoms. The molecule has 3 aromatic rings. The van der Waals surface area contributed by atoms with E-state index < -0.39 is 23.8 Å². The molecule has 9 nitrogen and oxygen atoms in total. The molecule has 1 saturated carbocycles. The van der Waals surface area contributed by atoms with Gasteiger partial charge in [0.15, 0.2) is 0 Å². The standard InChI is InChI=1S/C34H41N3O6/c1-21-27(31(38)39)18-22(36(21)5)19-37(30-17-11-10-16-29(30)35-32(40)43-34(2,3)4)33(41)42-20-28-25-14-8-6-12-23(25)24-13-7-9-15-26(24)28/h6-9,12-15,18,28-30H,10-11,16-17,19-20H2,1-5H3,(H,35,40)(H,38,39)/t29-,30-/m1/s1. The second-order valence-corrected chi connectivity index (χ2v) is 12.5. The lowest BCUT2D eigenvalue weighted by atomic mass is 9.89. The molecule has 2 aliphatic rings. The fraction of sp³-hybridized carbons (Fsp3) is 0.441. The Morgan fingerprint density at radius 1 is 1.00 bits per heavy atom. The fourth-order valence-electron chi connectivity index (χ4n) is 6.41. The lowest BCUT2D eigenvalue weighted by Crippen LogP contribution is -2.55. The number of alkyl carbamates (subject to hydrolysis) is 1. The number of aromatic carboxylic acids is 1. The van der Waals surface area contributed by atoms with E-state index in [4.69, 9.17) is 9.47 Å². The molecule has 0 aliphatic heterocycles. The summed E-state index contributed by atoms with van der Waals surface area (Å²) in [6.45, 7) is 7.48. The maximum Gasteiger partial charge on any atom is 0.410 e. The molecule has 1 heterocycles. The van der Waals surface area contributed by atoms with Crippen LogP contribution in [0.25, 0.3) is 11.1 Å². The van der Waals surface area contributed by atoms with Gasteiger partial charge in [0.2, 0.25) is 0 Å². The van der Waals surface area contributed by atoms with Crippen LogP contribution in [0.15, 0.2) is 54.6 Å². The van der Waals surface area contributed by atoms with Crippen LogP contribution >= 0.6 is 0 Å². The van der Waals surface area contributed by atoms with Gasteiger partial charge in [-0.1, -0.05) is 61.4 Å². The van der Waals surface area contributed by atoms with Gasteiger partial charge in [0.25, 0.3) is 0 Å². The lowest BCUT2D eigenvalue weighted by Gasteiger charge is -2.40. The van der Waals surface area contributed by atoms with Gasteiger partial charge in [-0.25, -0.2) is 14.4 Å². The van der Waals surface area contributed by atoms with Crippen molar-refractivity contribution in [3.05, 3.63) is 82.7 Å². The van der Waals surface area contributed by atoms with Crippen LogP contribution in [-0.4, -0.2) is 57.0 Å². The average Bonchev–Trinajstić information content (AvgIpc) is 3.43. The Bertz CT molecular complexity index is 1480. The molecular weight excluding hydrogens is 546 g/mol. The van der Waals surface area contributed by atoms with E-state index in [9.17, 15) is 19.5 Å². The van der Waals surface area contributed by atoms with Crippen molar-refractivity contribution >= 4 is 18.2 Å². The molecule has 2 aromatic carbocycles. The van der Waals surface area contributed by atoms with Crippen molar-refractivity contribution in [3.8, 4) is 11.1 Å². The maximum atomic E-state index is 14.1. The van der Waals surface area contributed by atoms with Gasteiger partial charge in [-0.15, -0.1) is 0 Å². The second-order valence-electron chi connectivity index (χ2n) is 12.5. The molecule has 2 atom stereocenters. The van der Waals surface area contributed by atoms with Crippen LogP contribution in [0.3, 0.4) is 0 Å². The van der Waals surface area contributed by atoms with Crippen molar-refractivity contribution in [2.75, 3.05) is 6.61 Å². The summed E-state index contributed by atoms with van der Waals surface area (Å²) in [5, 5.41) is 12.7. The van der Waals surface area contributed by atoms with Crippen molar-refractivity contribution < 1.29 is 29.0 Å². The van der Waals surface area contributed by atoms with Crippen LogP contribution in [0.5, 0.6) is 0 Å². The normalized spacial score (nSPS) is 18.0. The summed E-state index contributed by atoms with van der Waals surface area (Å²) in [6.07, 6.45) is 2.11. The Hall–Kier alpha value is -4.27. The monoisotopic (exact) mass is 587 g/mol. The van der Waals surface area contributed by atoms with E-state index in [2.05, 4.69) is 29.6 Å². The minimum atomic E-state index is -1.02. The number of carboxylic acid groups (broad SMARTS) is 1. The minimum absolute atomic E-state index is 0.101. The van der Waals surface area contributed by atoms with E-state index in [0.29, 0.717) is 24.2 Å². The molecule has 0 spiro atoms. The molecular formula is C34H41N3O6. The molecule has 2 N–H and O–H groups in total. The van der Waals surface area contributed by atoms with Gasteiger partial charge in [-0.05, 0) is 68.9 Å². The van der Waals surface area contributed by atoms with Crippen LogP contribution in [-0.2, 0) is 23.1 Å². The summed E-state index contributed by atoms with van der Waals surface area (Å²) < 4.78 is 13.4. The van der Waals surface area contributed by atoms with Gasteiger partial charge < -0.3 is 24.5 Å². The number of rotatable bonds is 7. The number of hydrogen-bond acceptors (Lipinski definition) is 5. The zero-order chi connectivity index (χ0) is 30.9. The summed E-state index contributed by atoms with van der Waals surface area (Å²) in [5.41, 5.74) is 5.33. The summed E-state index contributed by atoms with van der Waals surface area (Å²) in [5.74, 6) is -1.12. The van der Waals surface area contributed by atoms with E-state index in [-0.39, 0.29) is 36.7 Å². The average molecular weight is 588 g/mol. The van der Waals surface area contributed by atoms with Crippen LogP contribution < -0.4 is 5.32 Å². The van der Waals surface area contributed by atoms with E-state index in [1.54, 1.807) is 29.5 Å². The second kappa shape index (κ2) is 12.1. The Balaban J connectivity index is 1.43. The fourth-order valence-corrected chi connectivity index (χ4v) is 6.41. The smallest absolute Gasteiger partial charge is 0.410 e. The molecule has 0 radical (unpaired) electrons. The number of carbonyl (C=O) groups excluding carboxylic acids is 2. The molecule has 2 amide bonds. The first kappa shape index (κ1) is 30.2. The van der Waals surface area contributed by atoms with E-state index >= 15 is 0 Å². The molecule has 5 rings (SSSR count). The number of amides is 2. The van der Waals surface area contributed by atoms with Gasteiger partial charge in [0.05, 0.1) is 24.2 Å². The molecule has 1 aromatic heterocycles. The Morgan fingerprint density at radius 2 is 1.60 bits per heavy atom. The highest BCUT2D eigenvalue weighted by atomic mass is 16.6. The van der Waals surface area contributed by atoms with Gasteiger partial charge in [-0.3, -0.25) is 4.90 Å². The molecule has 43 heavy (non-hydrogen) atoms. The summed E-state index contributed by atoms with van der Waals surface area (Å²) in [7, 11) is 1.80. The highest BCUT2D eigenvalue weighted by molar-refractivity contribution is 5.89. The number of ether oxygens (including phenoxy) is 2. The third-order valence-electron chi connectivity index (χ3n) is 8.60. The topological polar surface area (TPSA) is 110 Å². The molecule has 2 aliphatic carbocycles. The molecule has 228 valence electrons. The number of hydrogen-bond donors (Lipinski definition) is 2. The highest BCUT2D eigenvalue weighted by Crippen LogP contribution is 2.44. The third kappa shape index (κ3) is 6.40. The van der Waals surface area contributed by atoms with Crippen LogP contribution in [0, 0.1) is 6.92 Å². The van der Waals surface area contributed by atoms with Gasteiger partial charge in [-0.2, -0.15) is 0 Å². The zero-order valence-electron chi connectivity index (χ0n) is 25.6. The molecule has 9 heteroatoms. The Morgan fingerprint density at radius 3 is 2.19 bits per heavy atom. The zero-order valence-corrected chi connectivity index (χ0v) is 25.6. The summed E-state index contributed by atoms with van der Waals surface area (Å²) in [4.78, 5) is 40.4. The highest BCUT2D eigenvalue weighted by Gasteiger charge is 2.37. The minimum Gasteiger partial charge on any atom is -0.478 e. The number of nitrogens with one attached hydrogen (secondary N) is 1. The van der Waals surface area contributed by atoms with Gasteiger partial charge in [0, 0.05) is 24.4 Å². The largest absolute Gasteiger partial charge is 0.478 e. The number of nitrogens with zero attached hydrogens (tertiary/aromatic N) is 2. The summed E-state index contributed by atoms with van der Waals surface area (Å²) >= 11 is 0. The van der Waals surface area contributed by atoms with Gasteiger partial charge in [0.1, 0.15) is 12.2 Å². The van der Waals surface area contributed by atoms with Gasteiger partial charge >= 0.3 is 18.2 Å². The van der Waals surface area contributed by atoms with Crippen molar-refractivity contribution in [1.82, 2.24) is 14.8 Å². The molecule has 0 saturated heterocycles. The SMILES string of the molecule is Cc1c(C(=O)O)cc(CN(C(=O)OCC2c3ccccc3-c3ccccc32)[C@@H]2CCCC[C@H]2NC(=O)OC(C)(C)C)n1C. The predicted molar refractivity (Wildman–Crippen MR) is 163 cm³/mol. The van der Waals surface area contributed by atoms with E-state index in [1.807, 2.05) is 45.0 Å². The first-order valence-electron chi connectivity index (χ1n) is 14.9. The van der Waals surface area contributed by atoms with E-state index in [1.165, 1.54) is 0 Å². The quantitative estimate of drug-likeness (QED) is 0.322. The number of fused-ring (bicyclic) bond motifs is 3. The van der Waals surface area contributed by atoms with Crippen molar-refractivity contribution in [1.29, 1.82) is 0 Å². The predicted octanol–water partition coefficient (Wildman–Crippen LogP) is 6.62.